The van der Waals surface area contributed by atoms with Crippen molar-refractivity contribution in [1.29, 1.82) is 0 Å². The number of rotatable bonds is 5. The number of hydrogen-bond donors (Lipinski definition) is 0. The van der Waals surface area contributed by atoms with Crippen molar-refractivity contribution in [2.75, 3.05) is 4.90 Å². The lowest BCUT2D eigenvalue weighted by atomic mass is 9.92. The van der Waals surface area contributed by atoms with E-state index in [1.807, 2.05) is 12.1 Å². The standard InChI is InChI=1S/C48H31NO/c1-3-13-32(14-4-1)38-27-25-36(30-43(38)33-15-5-2-6-16-33)49(37-26-28-47-44(31-37)41-20-11-12-22-46(41)50-47)45-29-35-24-23-34-17-7-8-18-39(34)48(35)42-21-10-9-19-40(42)45/h1-31H. The number of para-hydroxylation sites is 1. The molecule has 0 bridgehead atoms. The largest absolute Gasteiger partial charge is 0.456 e. The van der Waals surface area contributed by atoms with Crippen LogP contribution in [0.25, 0.3) is 76.5 Å². The predicted molar refractivity (Wildman–Crippen MR) is 212 cm³/mol. The van der Waals surface area contributed by atoms with Gasteiger partial charge in [0.2, 0.25) is 0 Å². The number of benzene rings is 9. The van der Waals surface area contributed by atoms with Crippen LogP contribution in [0.3, 0.4) is 0 Å². The van der Waals surface area contributed by atoms with Crippen molar-refractivity contribution in [2.45, 2.75) is 0 Å². The van der Waals surface area contributed by atoms with E-state index < -0.39 is 0 Å². The van der Waals surface area contributed by atoms with Gasteiger partial charge >= 0.3 is 0 Å². The van der Waals surface area contributed by atoms with Gasteiger partial charge in [0.1, 0.15) is 11.2 Å². The molecular weight excluding hydrogens is 607 g/mol. The van der Waals surface area contributed by atoms with Gasteiger partial charge < -0.3 is 9.32 Å². The summed E-state index contributed by atoms with van der Waals surface area (Å²) in [6, 6.07) is 67.6. The second kappa shape index (κ2) is 11.5. The number of furan rings is 1. The molecule has 9 aromatic carbocycles. The minimum atomic E-state index is 0.883. The topological polar surface area (TPSA) is 16.4 Å². The van der Waals surface area contributed by atoms with Crippen LogP contribution >= 0.6 is 0 Å². The van der Waals surface area contributed by atoms with Gasteiger partial charge in [-0.15, -0.1) is 0 Å². The second-order valence-corrected chi connectivity index (χ2v) is 12.9. The first-order valence-corrected chi connectivity index (χ1v) is 17.1. The van der Waals surface area contributed by atoms with Crippen LogP contribution in [-0.2, 0) is 0 Å². The van der Waals surface area contributed by atoms with Gasteiger partial charge in [-0.2, -0.15) is 0 Å². The Kier molecular flexibility index (Phi) is 6.53. The van der Waals surface area contributed by atoms with Gasteiger partial charge in [0.15, 0.2) is 0 Å². The van der Waals surface area contributed by atoms with Crippen molar-refractivity contribution < 1.29 is 4.42 Å². The highest BCUT2D eigenvalue weighted by atomic mass is 16.3. The molecule has 0 N–H and O–H groups in total. The molecule has 0 saturated carbocycles. The summed E-state index contributed by atoms with van der Waals surface area (Å²) in [5.74, 6) is 0. The summed E-state index contributed by atoms with van der Waals surface area (Å²) in [5, 5.41) is 9.65. The molecule has 0 saturated heterocycles. The van der Waals surface area contributed by atoms with Crippen LogP contribution in [0.1, 0.15) is 0 Å². The normalized spacial score (nSPS) is 11.6. The summed E-state index contributed by atoms with van der Waals surface area (Å²) in [6.07, 6.45) is 0. The fourth-order valence-corrected chi connectivity index (χ4v) is 7.72. The molecule has 0 aliphatic heterocycles. The SMILES string of the molecule is c1ccc(-c2ccc(N(c3ccc4oc5ccccc5c4c3)c3cc4ccc5ccccc5c4c4ccccc34)cc2-c2ccccc2)cc1. The number of hydrogen-bond acceptors (Lipinski definition) is 2. The molecule has 2 heteroatoms. The zero-order chi connectivity index (χ0) is 33.0. The van der Waals surface area contributed by atoms with E-state index in [0.717, 1.165) is 39.0 Å². The fraction of sp³-hybridized carbons (Fsp3) is 0. The van der Waals surface area contributed by atoms with E-state index >= 15 is 0 Å². The molecule has 1 heterocycles. The Morgan fingerprint density at radius 2 is 0.920 bits per heavy atom. The van der Waals surface area contributed by atoms with Crippen molar-refractivity contribution in [3.05, 3.63) is 188 Å². The smallest absolute Gasteiger partial charge is 0.135 e. The van der Waals surface area contributed by atoms with Gasteiger partial charge in [0.25, 0.3) is 0 Å². The molecule has 1 aromatic heterocycles. The second-order valence-electron chi connectivity index (χ2n) is 12.9. The van der Waals surface area contributed by atoms with Crippen molar-refractivity contribution in [2.24, 2.45) is 0 Å². The minimum Gasteiger partial charge on any atom is -0.456 e. The summed E-state index contributed by atoms with van der Waals surface area (Å²) < 4.78 is 6.29. The molecule has 0 unspecified atom stereocenters. The molecule has 0 aliphatic rings. The average molecular weight is 638 g/mol. The Balaban J connectivity index is 1.29. The van der Waals surface area contributed by atoms with Crippen molar-refractivity contribution in [1.82, 2.24) is 0 Å². The molecule has 0 spiro atoms. The van der Waals surface area contributed by atoms with Crippen LogP contribution in [0, 0.1) is 0 Å². The highest BCUT2D eigenvalue weighted by Crippen LogP contribution is 2.46. The molecule has 50 heavy (non-hydrogen) atoms. The first-order valence-electron chi connectivity index (χ1n) is 17.1. The lowest BCUT2D eigenvalue weighted by Crippen LogP contribution is -2.11. The first kappa shape index (κ1) is 28.4. The maximum Gasteiger partial charge on any atom is 0.135 e. The summed E-state index contributed by atoms with van der Waals surface area (Å²) in [7, 11) is 0. The van der Waals surface area contributed by atoms with Crippen LogP contribution < -0.4 is 4.90 Å². The molecule has 0 atom stereocenters. The molecule has 10 rings (SSSR count). The molecule has 0 radical (unpaired) electrons. The van der Waals surface area contributed by atoms with Crippen molar-refractivity contribution in [3.8, 4) is 22.3 Å². The van der Waals surface area contributed by atoms with Crippen LogP contribution in [0.2, 0.25) is 0 Å². The average Bonchev–Trinajstić information content (AvgIpc) is 3.56. The Labute approximate surface area is 290 Å². The quantitative estimate of drug-likeness (QED) is 0.175. The minimum absolute atomic E-state index is 0.883. The summed E-state index contributed by atoms with van der Waals surface area (Å²) >= 11 is 0. The first-order chi connectivity index (χ1) is 24.8. The van der Waals surface area contributed by atoms with Crippen molar-refractivity contribution in [3.63, 3.8) is 0 Å². The third-order valence-corrected chi connectivity index (χ3v) is 10.0. The molecule has 0 fully saturated rings. The Morgan fingerprint density at radius 1 is 0.340 bits per heavy atom. The molecule has 0 aliphatic carbocycles. The Bertz CT molecular complexity index is 2870. The Morgan fingerprint density at radius 3 is 1.72 bits per heavy atom. The summed E-state index contributed by atoms with van der Waals surface area (Å²) in [4.78, 5) is 2.43. The highest BCUT2D eigenvalue weighted by molar-refractivity contribution is 6.23. The van der Waals surface area contributed by atoms with Crippen molar-refractivity contribution >= 4 is 71.3 Å². The maximum absolute atomic E-state index is 6.29. The fourth-order valence-electron chi connectivity index (χ4n) is 7.72. The highest BCUT2D eigenvalue weighted by Gasteiger charge is 2.21. The Hall–Kier alpha value is -6.64. The predicted octanol–water partition coefficient (Wildman–Crippen LogP) is 13.8. The van der Waals surface area contributed by atoms with Gasteiger partial charge in [-0.1, -0.05) is 146 Å². The number of anilines is 3. The molecule has 10 aromatic rings. The van der Waals surface area contributed by atoms with E-state index in [0.29, 0.717) is 0 Å². The summed E-state index contributed by atoms with van der Waals surface area (Å²) in [5.41, 5.74) is 9.82. The third-order valence-electron chi connectivity index (χ3n) is 10.0. The van der Waals surface area contributed by atoms with Gasteiger partial charge in [-0.05, 0) is 91.6 Å². The zero-order valence-electron chi connectivity index (χ0n) is 27.3. The van der Waals surface area contributed by atoms with E-state index in [1.165, 1.54) is 54.6 Å². The lowest BCUT2D eigenvalue weighted by Gasteiger charge is -2.29. The lowest BCUT2D eigenvalue weighted by molar-refractivity contribution is 0.669. The van der Waals surface area contributed by atoms with Crippen LogP contribution in [-0.4, -0.2) is 0 Å². The monoisotopic (exact) mass is 637 g/mol. The zero-order valence-corrected chi connectivity index (χ0v) is 27.3. The maximum atomic E-state index is 6.29. The van der Waals surface area contributed by atoms with Gasteiger partial charge in [-0.25, -0.2) is 0 Å². The molecule has 0 amide bonds. The van der Waals surface area contributed by atoms with E-state index in [2.05, 4.69) is 181 Å². The van der Waals surface area contributed by atoms with Gasteiger partial charge in [0, 0.05) is 27.5 Å². The van der Waals surface area contributed by atoms with E-state index in [-0.39, 0.29) is 0 Å². The van der Waals surface area contributed by atoms with Gasteiger partial charge in [0.05, 0.1) is 5.69 Å². The third kappa shape index (κ3) is 4.57. The van der Waals surface area contributed by atoms with Crippen LogP contribution in [0.5, 0.6) is 0 Å². The number of fused-ring (bicyclic) bond motifs is 8. The van der Waals surface area contributed by atoms with Crippen LogP contribution in [0.4, 0.5) is 17.1 Å². The van der Waals surface area contributed by atoms with Crippen LogP contribution in [0.15, 0.2) is 192 Å². The van der Waals surface area contributed by atoms with E-state index in [1.54, 1.807) is 0 Å². The van der Waals surface area contributed by atoms with E-state index in [4.69, 9.17) is 4.42 Å². The number of nitrogens with zero attached hydrogens (tertiary/aromatic N) is 1. The van der Waals surface area contributed by atoms with Gasteiger partial charge in [-0.3, -0.25) is 0 Å². The van der Waals surface area contributed by atoms with E-state index in [9.17, 15) is 0 Å². The summed E-state index contributed by atoms with van der Waals surface area (Å²) in [6.45, 7) is 0. The molecule has 234 valence electrons. The molecular formula is C48H31NO. The molecule has 2 nitrogen and oxygen atoms in total.